The molecule has 1 amide bonds. The molecule has 11 heteroatoms. The van der Waals surface area contributed by atoms with Gasteiger partial charge in [0.1, 0.15) is 0 Å². The third kappa shape index (κ3) is 4.82. The molecule has 0 aliphatic carbocycles. The number of benzene rings is 2. The molecule has 1 atom stereocenters. The maximum Gasteiger partial charge on any atom is 0.416 e. The number of rotatable bonds is 4. The summed E-state index contributed by atoms with van der Waals surface area (Å²) in [6.45, 7) is 0. The highest BCUT2D eigenvalue weighted by Crippen LogP contribution is 2.31. The van der Waals surface area contributed by atoms with E-state index in [1.54, 1.807) is 0 Å². The Hall–Kier alpha value is -3.47. The molecule has 2 aromatic carbocycles. The van der Waals surface area contributed by atoms with Crippen molar-refractivity contribution in [2.75, 3.05) is 11.1 Å². The molecule has 160 valence electrons. The number of nitrogens with one attached hydrogen (secondary N) is 3. The lowest BCUT2D eigenvalue weighted by Crippen LogP contribution is -2.39. The fourth-order valence-corrected chi connectivity index (χ4v) is 3.76. The van der Waals surface area contributed by atoms with Crippen LogP contribution in [0.3, 0.4) is 0 Å². The van der Waals surface area contributed by atoms with Gasteiger partial charge in [0.05, 0.1) is 11.3 Å². The van der Waals surface area contributed by atoms with Gasteiger partial charge in [-0.25, -0.2) is 9.98 Å². The lowest BCUT2D eigenvalue weighted by atomic mass is 10.1. The number of amides is 1. The van der Waals surface area contributed by atoms with Gasteiger partial charge in [-0.1, -0.05) is 36.0 Å². The molecule has 0 unspecified atom stereocenters. The third-order valence-corrected chi connectivity index (χ3v) is 5.34. The summed E-state index contributed by atoms with van der Waals surface area (Å²) < 4.78 is 38.5. The molecule has 2 heterocycles. The monoisotopic (exact) mass is 446 g/mol. The number of anilines is 1. The van der Waals surface area contributed by atoms with E-state index in [9.17, 15) is 18.0 Å². The molecule has 0 spiro atoms. The van der Waals surface area contributed by atoms with Crippen LogP contribution < -0.4 is 16.4 Å². The number of nitrogens with two attached hydrogens (primary N) is 1. The number of thioether (sulfide) groups is 1. The van der Waals surface area contributed by atoms with Crippen LogP contribution in [0.1, 0.15) is 17.3 Å². The third-order valence-electron chi connectivity index (χ3n) is 4.45. The predicted molar refractivity (Wildman–Crippen MR) is 116 cm³/mol. The number of para-hydroxylation sites is 1. The molecule has 7 nitrogen and oxygen atoms in total. The molecule has 0 saturated carbocycles. The Kier molecular flexibility index (Phi) is 5.59. The minimum Gasteiger partial charge on any atom is -0.370 e. The number of halogens is 3. The minimum absolute atomic E-state index is 0.0664. The van der Waals surface area contributed by atoms with Gasteiger partial charge in [0.15, 0.2) is 17.3 Å². The lowest BCUT2D eigenvalue weighted by Gasteiger charge is -2.18. The van der Waals surface area contributed by atoms with Crippen LogP contribution in [-0.2, 0) is 11.0 Å². The lowest BCUT2D eigenvalue weighted by molar-refractivity contribution is -0.137. The van der Waals surface area contributed by atoms with Crippen LogP contribution in [0.25, 0.3) is 10.9 Å². The predicted octanol–water partition coefficient (Wildman–Crippen LogP) is 3.83. The number of aliphatic imine (C=N–C) groups is 2. The summed E-state index contributed by atoms with van der Waals surface area (Å²) >= 11 is 1.08. The summed E-state index contributed by atoms with van der Waals surface area (Å²) in [5, 5.41) is 6.62. The number of amidine groups is 1. The SMILES string of the molecule is NC1=N[C@@H](c2c[nH]c3ccccc23)N=C(SCC(=O)Nc2cccc(C(F)(F)F)c2)N1. The van der Waals surface area contributed by atoms with Gasteiger partial charge in [-0.2, -0.15) is 13.2 Å². The fourth-order valence-electron chi connectivity index (χ4n) is 3.07. The summed E-state index contributed by atoms with van der Waals surface area (Å²) in [5.41, 5.74) is 6.89. The standard InChI is InChI=1S/C20H17F3N6OS/c21-20(22,23)11-4-3-5-12(8-11)26-16(30)10-31-19-28-17(27-18(24)29-19)14-9-25-15-7-2-1-6-13(14)15/h1-9,17,25H,10H2,(H,26,30)(H3,24,27,28,29)/t17-/m1/s1. The van der Waals surface area contributed by atoms with Crippen molar-refractivity contribution in [1.82, 2.24) is 10.3 Å². The highest BCUT2D eigenvalue weighted by molar-refractivity contribution is 8.14. The largest absolute Gasteiger partial charge is 0.416 e. The van der Waals surface area contributed by atoms with Gasteiger partial charge in [0, 0.05) is 28.4 Å². The van der Waals surface area contributed by atoms with Crippen molar-refractivity contribution in [3.05, 3.63) is 65.9 Å². The molecule has 4 rings (SSSR count). The topological polar surface area (TPSA) is 108 Å². The normalized spacial score (nSPS) is 16.4. The second kappa shape index (κ2) is 8.34. The Morgan fingerprint density at radius 1 is 1.16 bits per heavy atom. The number of fused-ring (bicyclic) bond motifs is 1. The second-order valence-corrected chi connectivity index (χ2v) is 7.62. The van der Waals surface area contributed by atoms with Gasteiger partial charge in [-0.05, 0) is 24.3 Å². The number of hydrogen-bond acceptors (Lipinski definition) is 6. The quantitative estimate of drug-likeness (QED) is 0.489. The first-order chi connectivity index (χ1) is 14.8. The number of aromatic nitrogens is 1. The first-order valence-corrected chi connectivity index (χ1v) is 10.1. The van der Waals surface area contributed by atoms with Crippen molar-refractivity contribution in [1.29, 1.82) is 0 Å². The molecular formula is C20H17F3N6OS. The highest BCUT2D eigenvalue weighted by atomic mass is 32.2. The number of H-pyrrole nitrogens is 1. The molecule has 1 aliphatic rings. The molecular weight excluding hydrogens is 429 g/mol. The van der Waals surface area contributed by atoms with Crippen LogP contribution in [-0.4, -0.2) is 27.8 Å². The minimum atomic E-state index is -4.48. The van der Waals surface area contributed by atoms with Crippen molar-refractivity contribution >= 4 is 45.4 Å². The average Bonchev–Trinajstić information content (AvgIpc) is 3.16. The van der Waals surface area contributed by atoms with Crippen molar-refractivity contribution < 1.29 is 18.0 Å². The van der Waals surface area contributed by atoms with Crippen LogP contribution in [0.5, 0.6) is 0 Å². The van der Waals surface area contributed by atoms with Gasteiger partial charge in [0.2, 0.25) is 5.91 Å². The van der Waals surface area contributed by atoms with Gasteiger partial charge in [-0.15, -0.1) is 0 Å². The Balaban J connectivity index is 1.43. The molecule has 0 saturated heterocycles. The summed E-state index contributed by atoms with van der Waals surface area (Å²) in [6.07, 6.45) is -3.25. The number of carbonyl (C=O) groups excluding carboxylic acids is 1. The van der Waals surface area contributed by atoms with Gasteiger partial charge in [0.25, 0.3) is 0 Å². The van der Waals surface area contributed by atoms with Crippen molar-refractivity contribution in [3.63, 3.8) is 0 Å². The number of carbonyl (C=O) groups is 1. The van der Waals surface area contributed by atoms with Crippen LogP contribution >= 0.6 is 11.8 Å². The van der Waals surface area contributed by atoms with E-state index in [1.165, 1.54) is 12.1 Å². The summed E-state index contributed by atoms with van der Waals surface area (Å²) in [4.78, 5) is 24.2. The molecule has 0 bridgehead atoms. The smallest absolute Gasteiger partial charge is 0.370 e. The first kappa shape index (κ1) is 20.8. The average molecular weight is 446 g/mol. The van der Waals surface area contributed by atoms with Crippen molar-refractivity contribution in [2.24, 2.45) is 15.7 Å². The Bertz CT molecular complexity index is 1190. The Labute approximate surface area is 179 Å². The van der Waals surface area contributed by atoms with Crippen LogP contribution in [0, 0.1) is 0 Å². The van der Waals surface area contributed by atoms with Gasteiger partial charge in [-0.3, -0.25) is 4.79 Å². The number of guanidine groups is 1. The molecule has 1 aliphatic heterocycles. The zero-order valence-electron chi connectivity index (χ0n) is 15.9. The van der Waals surface area contributed by atoms with Crippen molar-refractivity contribution in [3.8, 4) is 0 Å². The summed E-state index contributed by atoms with van der Waals surface area (Å²) in [6, 6.07) is 12.2. The summed E-state index contributed by atoms with van der Waals surface area (Å²) in [7, 11) is 0. The molecule has 0 radical (unpaired) electrons. The van der Waals surface area contributed by atoms with E-state index in [2.05, 4.69) is 25.6 Å². The van der Waals surface area contributed by atoms with Crippen molar-refractivity contribution in [2.45, 2.75) is 12.3 Å². The van der Waals surface area contributed by atoms with Crippen LogP contribution in [0.15, 0.2) is 64.7 Å². The maximum absolute atomic E-state index is 12.8. The summed E-state index contributed by atoms with van der Waals surface area (Å²) in [5.74, 6) is -0.389. The van der Waals surface area contributed by atoms with Crippen LogP contribution in [0.4, 0.5) is 18.9 Å². The highest BCUT2D eigenvalue weighted by Gasteiger charge is 2.30. The number of nitrogens with zero attached hydrogens (tertiary/aromatic N) is 2. The van der Waals surface area contributed by atoms with Gasteiger partial charge < -0.3 is 21.4 Å². The maximum atomic E-state index is 12.8. The number of aromatic amines is 1. The fraction of sp³-hybridized carbons (Fsp3) is 0.150. The number of alkyl halides is 3. The second-order valence-electron chi connectivity index (χ2n) is 6.65. The van der Waals surface area contributed by atoms with E-state index in [-0.39, 0.29) is 17.4 Å². The first-order valence-electron chi connectivity index (χ1n) is 9.13. The molecule has 0 fully saturated rings. The zero-order valence-corrected chi connectivity index (χ0v) is 16.7. The Morgan fingerprint density at radius 2 is 1.97 bits per heavy atom. The molecule has 1 aromatic heterocycles. The molecule has 3 aromatic rings. The Morgan fingerprint density at radius 3 is 2.77 bits per heavy atom. The van der Waals surface area contributed by atoms with E-state index in [4.69, 9.17) is 5.73 Å². The van der Waals surface area contributed by atoms with E-state index in [0.717, 1.165) is 40.4 Å². The number of hydrogen-bond donors (Lipinski definition) is 4. The van der Waals surface area contributed by atoms with E-state index >= 15 is 0 Å². The van der Waals surface area contributed by atoms with E-state index < -0.39 is 23.8 Å². The van der Waals surface area contributed by atoms with Crippen LogP contribution in [0.2, 0.25) is 0 Å². The molecule has 5 N–H and O–H groups in total. The van der Waals surface area contributed by atoms with E-state index in [1.807, 2.05) is 30.5 Å². The van der Waals surface area contributed by atoms with Gasteiger partial charge >= 0.3 is 6.18 Å². The van der Waals surface area contributed by atoms with E-state index in [0.29, 0.717) is 5.17 Å². The zero-order chi connectivity index (χ0) is 22.0. The molecule has 31 heavy (non-hydrogen) atoms.